The van der Waals surface area contributed by atoms with Gasteiger partial charge in [-0.25, -0.2) is 4.98 Å². The summed E-state index contributed by atoms with van der Waals surface area (Å²) in [6.45, 7) is 5.79. The zero-order valence-electron chi connectivity index (χ0n) is 11.4. The average molecular weight is 280 g/mol. The summed E-state index contributed by atoms with van der Waals surface area (Å²) in [5, 5.41) is 3.16. The summed E-state index contributed by atoms with van der Waals surface area (Å²) in [6, 6.07) is 0.264. The van der Waals surface area contributed by atoms with Gasteiger partial charge in [0.05, 0.1) is 12.4 Å². The lowest BCUT2D eigenvalue weighted by molar-refractivity contribution is 0.0709. The molecular formula is C13H20N4OS. The Hall–Kier alpha value is -1.30. The highest BCUT2D eigenvalue weighted by Gasteiger charge is 2.25. The number of amides is 1. The fourth-order valence-electron chi connectivity index (χ4n) is 1.98. The van der Waals surface area contributed by atoms with Gasteiger partial charge in [-0.2, -0.15) is 11.8 Å². The van der Waals surface area contributed by atoms with E-state index in [-0.39, 0.29) is 11.9 Å². The van der Waals surface area contributed by atoms with Crippen molar-refractivity contribution in [2.75, 3.05) is 29.9 Å². The first-order chi connectivity index (χ1) is 9.22. The quantitative estimate of drug-likeness (QED) is 0.912. The van der Waals surface area contributed by atoms with Crippen molar-refractivity contribution in [2.24, 2.45) is 0 Å². The number of carbonyl (C=O) groups excluding carboxylic acids is 1. The van der Waals surface area contributed by atoms with Crippen LogP contribution in [0.2, 0.25) is 0 Å². The Bertz CT molecular complexity index is 440. The zero-order valence-corrected chi connectivity index (χ0v) is 12.2. The van der Waals surface area contributed by atoms with Crippen LogP contribution in [-0.2, 0) is 0 Å². The molecule has 2 heterocycles. The van der Waals surface area contributed by atoms with Crippen molar-refractivity contribution in [1.82, 2.24) is 14.9 Å². The largest absolute Gasteiger partial charge is 0.369 e. The van der Waals surface area contributed by atoms with E-state index >= 15 is 0 Å². The maximum atomic E-state index is 12.4. The molecule has 1 amide bonds. The molecule has 1 atom stereocenters. The van der Waals surface area contributed by atoms with Crippen molar-refractivity contribution < 1.29 is 4.79 Å². The Balaban J connectivity index is 2.09. The smallest absolute Gasteiger partial charge is 0.274 e. The SMILES string of the molecule is CCCNc1cncc(C(=O)N2CCSCC2C)n1. The summed E-state index contributed by atoms with van der Waals surface area (Å²) >= 11 is 1.89. The predicted molar refractivity (Wildman–Crippen MR) is 78.6 cm³/mol. The van der Waals surface area contributed by atoms with E-state index < -0.39 is 0 Å². The van der Waals surface area contributed by atoms with Gasteiger partial charge in [0.1, 0.15) is 11.5 Å². The second-order valence-electron chi connectivity index (χ2n) is 4.64. The highest BCUT2D eigenvalue weighted by molar-refractivity contribution is 7.99. The summed E-state index contributed by atoms with van der Waals surface area (Å²) in [5.41, 5.74) is 0.430. The number of hydrogen-bond acceptors (Lipinski definition) is 5. The maximum absolute atomic E-state index is 12.4. The van der Waals surface area contributed by atoms with E-state index in [1.165, 1.54) is 0 Å². The molecule has 2 rings (SSSR count). The standard InChI is InChI=1S/C13H20N4OS/c1-3-4-15-12-8-14-7-11(16-12)13(18)17-5-6-19-9-10(17)2/h7-8,10H,3-6,9H2,1-2H3,(H,15,16). The van der Waals surface area contributed by atoms with Gasteiger partial charge in [0, 0.05) is 30.6 Å². The van der Waals surface area contributed by atoms with E-state index in [1.807, 2.05) is 16.7 Å². The van der Waals surface area contributed by atoms with E-state index in [2.05, 4.69) is 29.1 Å². The lowest BCUT2D eigenvalue weighted by Gasteiger charge is -2.32. The van der Waals surface area contributed by atoms with Crippen LogP contribution in [0.15, 0.2) is 12.4 Å². The van der Waals surface area contributed by atoms with E-state index in [9.17, 15) is 4.79 Å². The molecule has 19 heavy (non-hydrogen) atoms. The van der Waals surface area contributed by atoms with E-state index in [4.69, 9.17) is 0 Å². The van der Waals surface area contributed by atoms with Crippen molar-refractivity contribution in [3.05, 3.63) is 18.1 Å². The molecule has 0 bridgehead atoms. The Morgan fingerprint density at radius 1 is 1.58 bits per heavy atom. The monoisotopic (exact) mass is 280 g/mol. The van der Waals surface area contributed by atoms with Crippen LogP contribution in [0.3, 0.4) is 0 Å². The summed E-state index contributed by atoms with van der Waals surface area (Å²) in [5.74, 6) is 2.65. The van der Waals surface area contributed by atoms with Gasteiger partial charge in [-0.05, 0) is 13.3 Å². The van der Waals surface area contributed by atoms with Crippen LogP contribution < -0.4 is 5.32 Å². The van der Waals surface area contributed by atoms with Crippen molar-refractivity contribution >= 4 is 23.5 Å². The van der Waals surface area contributed by atoms with Crippen LogP contribution in [0.5, 0.6) is 0 Å². The molecule has 104 valence electrons. The molecule has 0 aromatic carbocycles. The van der Waals surface area contributed by atoms with Crippen LogP contribution >= 0.6 is 11.8 Å². The Labute approximate surface area is 118 Å². The van der Waals surface area contributed by atoms with Crippen molar-refractivity contribution in [3.8, 4) is 0 Å². The molecule has 1 aliphatic heterocycles. The molecular weight excluding hydrogens is 260 g/mol. The van der Waals surface area contributed by atoms with Crippen LogP contribution in [-0.4, -0.2) is 51.4 Å². The second kappa shape index (κ2) is 6.75. The van der Waals surface area contributed by atoms with Gasteiger partial charge in [-0.1, -0.05) is 6.92 Å². The Morgan fingerprint density at radius 2 is 2.42 bits per heavy atom. The lowest BCUT2D eigenvalue weighted by atomic mass is 10.2. The number of thioether (sulfide) groups is 1. The average Bonchev–Trinajstić information content (AvgIpc) is 2.45. The van der Waals surface area contributed by atoms with Gasteiger partial charge in [0.2, 0.25) is 0 Å². The Morgan fingerprint density at radius 3 is 3.16 bits per heavy atom. The third-order valence-corrected chi connectivity index (χ3v) is 4.23. The zero-order chi connectivity index (χ0) is 13.7. The predicted octanol–water partition coefficient (Wildman–Crippen LogP) is 1.88. The van der Waals surface area contributed by atoms with Crippen LogP contribution in [0.4, 0.5) is 5.82 Å². The Kier molecular flexibility index (Phi) is 5.01. The maximum Gasteiger partial charge on any atom is 0.274 e. The minimum atomic E-state index is -0.0135. The minimum Gasteiger partial charge on any atom is -0.369 e. The van der Waals surface area contributed by atoms with Gasteiger partial charge in [0.15, 0.2) is 0 Å². The molecule has 0 saturated carbocycles. The highest BCUT2D eigenvalue weighted by atomic mass is 32.2. The van der Waals surface area contributed by atoms with E-state index in [1.54, 1.807) is 12.4 Å². The minimum absolute atomic E-state index is 0.0135. The molecule has 6 heteroatoms. The van der Waals surface area contributed by atoms with Crippen molar-refractivity contribution in [1.29, 1.82) is 0 Å². The highest BCUT2D eigenvalue weighted by Crippen LogP contribution is 2.18. The number of rotatable bonds is 4. The van der Waals surface area contributed by atoms with Gasteiger partial charge in [-0.15, -0.1) is 0 Å². The molecule has 1 fully saturated rings. The molecule has 1 aromatic heterocycles. The lowest BCUT2D eigenvalue weighted by Crippen LogP contribution is -2.44. The summed E-state index contributed by atoms with van der Waals surface area (Å²) < 4.78 is 0. The van der Waals surface area contributed by atoms with Gasteiger partial charge in [-0.3, -0.25) is 9.78 Å². The normalized spacial score (nSPS) is 19.3. The van der Waals surface area contributed by atoms with Gasteiger partial charge >= 0.3 is 0 Å². The van der Waals surface area contributed by atoms with Crippen LogP contribution in [0.1, 0.15) is 30.8 Å². The molecule has 1 aromatic rings. The van der Waals surface area contributed by atoms with Crippen LogP contribution in [0.25, 0.3) is 0 Å². The first kappa shape index (κ1) is 14.1. The number of hydrogen-bond donors (Lipinski definition) is 1. The van der Waals surface area contributed by atoms with Crippen molar-refractivity contribution in [3.63, 3.8) is 0 Å². The molecule has 0 spiro atoms. The number of anilines is 1. The molecule has 0 radical (unpaired) electrons. The fraction of sp³-hybridized carbons (Fsp3) is 0.615. The van der Waals surface area contributed by atoms with Gasteiger partial charge < -0.3 is 10.2 Å². The molecule has 1 N–H and O–H groups in total. The third kappa shape index (κ3) is 3.59. The fourth-order valence-corrected chi connectivity index (χ4v) is 3.00. The topological polar surface area (TPSA) is 58.1 Å². The number of carbonyl (C=O) groups is 1. The van der Waals surface area contributed by atoms with Crippen LogP contribution in [0, 0.1) is 0 Å². The van der Waals surface area contributed by atoms with Gasteiger partial charge in [0.25, 0.3) is 5.91 Å². The molecule has 1 saturated heterocycles. The summed E-state index contributed by atoms with van der Waals surface area (Å²) in [6.07, 6.45) is 4.22. The third-order valence-electron chi connectivity index (χ3n) is 3.04. The van der Waals surface area contributed by atoms with E-state index in [0.29, 0.717) is 11.5 Å². The van der Waals surface area contributed by atoms with Crippen molar-refractivity contribution in [2.45, 2.75) is 26.3 Å². The summed E-state index contributed by atoms with van der Waals surface area (Å²) in [7, 11) is 0. The number of nitrogens with one attached hydrogen (secondary N) is 1. The summed E-state index contributed by atoms with van der Waals surface area (Å²) in [4.78, 5) is 22.8. The molecule has 1 unspecified atom stereocenters. The van der Waals surface area contributed by atoms with E-state index in [0.717, 1.165) is 31.0 Å². The first-order valence-electron chi connectivity index (χ1n) is 6.67. The second-order valence-corrected chi connectivity index (χ2v) is 5.79. The molecule has 0 aliphatic carbocycles. The number of aromatic nitrogens is 2. The molecule has 5 nitrogen and oxygen atoms in total. The number of nitrogens with zero attached hydrogens (tertiary/aromatic N) is 3. The first-order valence-corrected chi connectivity index (χ1v) is 7.82. The molecule has 1 aliphatic rings.